The molecule has 4 heteroatoms. The number of nitrogens with one attached hydrogen (secondary N) is 1. The van der Waals surface area contributed by atoms with E-state index in [1.165, 1.54) is 0 Å². The number of hydrogen-bond donors (Lipinski definition) is 3. The Morgan fingerprint density at radius 1 is 1.42 bits per heavy atom. The lowest BCUT2D eigenvalue weighted by atomic mass is 10.0. The van der Waals surface area contributed by atoms with Crippen molar-refractivity contribution in [3.8, 4) is 5.75 Å². The Bertz CT molecular complexity index is 481. The van der Waals surface area contributed by atoms with Gasteiger partial charge in [0.05, 0.1) is 5.56 Å². The van der Waals surface area contributed by atoms with Gasteiger partial charge in [-0.2, -0.15) is 0 Å². The van der Waals surface area contributed by atoms with Gasteiger partial charge in [-0.25, -0.2) is 0 Å². The van der Waals surface area contributed by atoms with Gasteiger partial charge in [-0.15, -0.1) is 0 Å². The number of benzene rings is 1. The van der Waals surface area contributed by atoms with Crippen LogP contribution >= 0.6 is 0 Å². The lowest BCUT2D eigenvalue weighted by Gasteiger charge is -2.18. The summed E-state index contributed by atoms with van der Waals surface area (Å²) in [5.41, 5.74) is 1.97. The molecule has 1 saturated carbocycles. The molecule has 1 unspecified atom stereocenters. The minimum atomic E-state index is -0.255. The Hall–Kier alpha value is -1.55. The number of hydrogen-bond acceptors (Lipinski definition) is 3. The molecule has 1 aromatic rings. The molecule has 1 fully saturated rings. The normalized spacial score (nSPS) is 16.2. The third kappa shape index (κ3) is 3.26. The molecule has 4 nitrogen and oxygen atoms in total. The van der Waals surface area contributed by atoms with Gasteiger partial charge < -0.3 is 15.5 Å². The van der Waals surface area contributed by atoms with Crippen molar-refractivity contribution in [2.24, 2.45) is 5.92 Å². The molecule has 104 valence electrons. The van der Waals surface area contributed by atoms with E-state index in [1.807, 2.05) is 13.0 Å². The number of amides is 1. The zero-order valence-corrected chi connectivity index (χ0v) is 11.4. The highest BCUT2D eigenvalue weighted by Gasteiger charge is 2.32. The van der Waals surface area contributed by atoms with Gasteiger partial charge in [-0.1, -0.05) is 6.07 Å². The highest BCUT2D eigenvalue weighted by molar-refractivity contribution is 5.97. The molecule has 1 aliphatic rings. The average molecular weight is 263 g/mol. The minimum Gasteiger partial charge on any atom is -0.507 e. The maximum absolute atomic E-state index is 12.2. The van der Waals surface area contributed by atoms with Crippen LogP contribution in [0.15, 0.2) is 12.1 Å². The maximum Gasteiger partial charge on any atom is 0.255 e. The van der Waals surface area contributed by atoms with Crippen LogP contribution in [0.5, 0.6) is 5.75 Å². The number of aromatic hydroxyl groups is 1. The fourth-order valence-corrected chi connectivity index (χ4v) is 2.44. The van der Waals surface area contributed by atoms with Crippen LogP contribution in [0.1, 0.15) is 40.7 Å². The number of phenols is 1. The lowest BCUT2D eigenvalue weighted by Crippen LogP contribution is -2.37. The molecule has 0 bridgehead atoms. The molecule has 0 spiro atoms. The smallest absolute Gasteiger partial charge is 0.255 e. The van der Waals surface area contributed by atoms with Gasteiger partial charge in [0.1, 0.15) is 5.75 Å². The van der Waals surface area contributed by atoms with Crippen LogP contribution in [0.3, 0.4) is 0 Å². The summed E-state index contributed by atoms with van der Waals surface area (Å²) < 4.78 is 0. The summed E-state index contributed by atoms with van der Waals surface area (Å²) in [6.45, 7) is 3.75. The minimum absolute atomic E-state index is 0.0118. The van der Waals surface area contributed by atoms with Gasteiger partial charge in [0.15, 0.2) is 0 Å². The molecule has 3 N–H and O–H groups in total. The topological polar surface area (TPSA) is 69.6 Å². The van der Waals surface area contributed by atoms with Crippen LogP contribution in [0.4, 0.5) is 0 Å². The summed E-state index contributed by atoms with van der Waals surface area (Å²) in [5, 5.41) is 22.0. The predicted octanol–water partition coefficient (Wildman–Crippen LogP) is 1.90. The van der Waals surface area contributed by atoms with E-state index in [4.69, 9.17) is 5.11 Å². The Labute approximate surface area is 113 Å². The second kappa shape index (κ2) is 5.61. The third-order valence-electron chi connectivity index (χ3n) is 3.64. The van der Waals surface area contributed by atoms with Crippen molar-refractivity contribution < 1.29 is 15.0 Å². The van der Waals surface area contributed by atoms with Crippen LogP contribution < -0.4 is 5.32 Å². The SMILES string of the molecule is Cc1cc(C)c(O)c(C(=O)NC(CCO)C2CC2)c1. The molecular formula is C15H21NO3. The zero-order valence-electron chi connectivity index (χ0n) is 11.4. The summed E-state index contributed by atoms with van der Waals surface area (Å²) >= 11 is 0. The lowest BCUT2D eigenvalue weighted by molar-refractivity contribution is 0.0921. The quantitative estimate of drug-likeness (QED) is 0.760. The number of aliphatic hydroxyl groups excluding tert-OH is 1. The van der Waals surface area contributed by atoms with E-state index < -0.39 is 0 Å². The second-order valence-electron chi connectivity index (χ2n) is 5.41. The average Bonchev–Trinajstić information content (AvgIpc) is 3.17. The van der Waals surface area contributed by atoms with E-state index in [9.17, 15) is 9.90 Å². The Balaban J connectivity index is 2.14. The van der Waals surface area contributed by atoms with Crippen molar-refractivity contribution in [3.63, 3.8) is 0 Å². The number of phenolic OH excluding ortho intramolecular Hbond substituents is 1. The van der Waals surface area contributed by atoms with Crippen molar-refractivity contribution in [3.05, 3.63) is 28.8 Å². The summed E-state index contributed by atoms with van der Waals surface area (Å²) in [6.07, 6.45) is 2.77. The van der Waals surface area contributed by atoms with E-state index in [1.54, 1.807) is 13.0 Å². The Morgan fingerprint density at radius 2 is 2.11 bits per heavy atom. The van der Waals surface area contributed by atoms with Crippen molar-refractivity contribution in [2.45, 2.75) is 39.2 Å². The summed E-state index contributed by atoms with van der Waals surface area (Å²) in [7, 11) is 0. The van der Waals surface area contributed by atoms with Crippen molar-refractivity contribution in [1.82, 2.24) is 5.32 Å². The summed E-state index contributed by atoms with van der Waals surface area (Å²) in [6, 6.07) is 3.55. The highest BCUT2D eigenvalue weighted by Crippen LogP contribution is 2.34. The Morgan fingerprint density at radius 3 is 2.68 bits per heavy atom. The molecule has 19 heavy (non-hydrogen) atoms. The molecule has 0 aliphatic heterocycles. The van der Waals surface area contributed by atoms with Crippen LogP contribution in [0, 0.1) is 19.8 Å². The first-order chi connectivity index (χ1) is 9.02. The van der Waals surface area contributed by atoms with E-state index in [2.05, 4.69) is 5.32 Å². The van der Waals surface area contributed by atoms with E-state index in [-0.39, 0.29) is 24.3 Å². The first-order valence-corrected chi connectivity index (χ1v) is 6.75. The third-order valence-corrected chi connectivity index (χ3v) is 3.64. The number of carbonyl (C=O) groups excluding carboxylic acids is 1. The first-order valence-electron chi connectivity index (χ1n) is 6.75. The number of carbonyl (C=O) groups is 1. The molecule has 0 saturated heterocycles. The van der Waals surface area contributed by atoms with Crippen LogP contribution in [0.2, 0.25) is 0 Å². The molecule has 0 radical (unpaired) electrons. The molecule has 1 amide bonds. The predicted molar refractivity (Wildman–Crippen MR) is 73.3 cm³/mol. The number of rotatable bonds is 5. The standard InChI is InChI=1S/C15H21NO3/c1-9-7-10(2)14(18)12(8-9)15(19)16-13(5-6-17)11-3-4-11/h7-8,11,13,17-18H,3-6H2,1-2H3,(H,16,19). The fourth-order valence-electron chi connectivity index (χ4n) is 2.44. The van der Waals surface area contributed by atoms with E-state index in [0.717, 1.165) is 18.4 Å². The van der Waals surface area contributed by atoms with Gasteiger partial charge >= 0.3 is 0 Å². The van der Waals surface area contributed by atoms with Crippen LogP contribution in [-0.2, 0) is 0 Å². The van der Waals surface area contributed by atoms with E-state index >= 15 is 0 Å². The maximum atomic E-state index is 12.2. The number of aliphatic hydroxyl groups is 1. The highest BCUT2D eigenvalue weighted by atomic mass is 16.3. The van der Waals surface area contributed by atoms with Gasteiger partial charge in [0, 0.05) is 12.6 Å². The Kier molecular flexibility index (Phi) is 4.10. The number of aryl methyl sites for hydroxylation is 2. The van der Waals surface area contributed by atoms with Gasteiger partial charge in [0.25, 0.3) is 5.91 Å². The molecule has 0 aromatic heterocycles. The van der Waals surface area contributed by atoms with Gasteiger partial charge in [-0.3, -0.25) is 4.79 Å². The van der Waals surface area contributed by atoms with Crippen LogP contribution in [0.25, 0.3) is 0 Å². The van der Waals surface area contributed by atoms with Gasteiger partial charge in [0.2, 0.25) is 0 Å². The fraction of sp³-hybridized carbons (Fsp3) is 0.533. The molecule has 0 heterocycles. The first kappa shape index (κ1) is 13.9. The molecular weight excluding hydrogens is 242 g/mol. The van der Waals surface area contributed by atoms with Crippen molar-refractivity contribution >= 4 is 5.91 Å². The summed E-state index contributed by atoms with van der Waals surface area (Å²) in [4.78, 5) is 12.2. The van der Waals surface area contributed by atoms with E-state index in [0.29, 0.717) is 23.5 Å². The van der Waals surface area contributed by atoms with Crippen molar-refractivity contribution in [1.29, 1.82) is 0 Å². The molecule has 1 atom stereocenters. The summed E-state index contributed by atoms with van der Waals surface area (Å²) in [5.74, 6) is 0.264. The van der Waals surface area contributed by atoms with Gasteiger partial charge in [-0.05, 0) is 56.2 Å². The monoisotopic (exact) mass is 263 g/mol. The largest absolute Gasteiger partial charge is 0.507 e. The molecule has 1 aromatic carbocycles. The molecule has 1 aliphatic carbocycles. The molecule has 2 rings (SSSR count). The van der Waals surface area contributed by atoms with Crippen molar-refractivity contribution in [2.75, 3.05) is 6.61 Å². The second-order valence-corrected chi connectivity index (χ2v) is 5.41. The zero-order chi connectivity index (χ0) is 14.0. The van der Waals surface area contributed by atoms with Crippen LogP contribution in [-0.4, -0.2) is 28.8 Å².